The Labute approximate surface area is 120 Å². The highest BCUT2D eigenvalue weighted by molar-refractivity contribution is 5.76. The Hall–Kier alpha value is -1.39. The van der Waals surface area contributed by atoms with Gasteiger partial charge in [0.2, 0.25) is 0 Å². The van der Waals surface area contributed by atoms with Crippen LogP contribution in [0.4, 0.5) is 0 Å². The van der Waals surface area contributed by atoms with E-state index in [1.54, 1.807) is 0 Å². The predicted octanol–water partition coefficient (Wildman–Crippen LogP) is 3.14. The van der Waals surface area contributed by atoms with Gasteiger partial charge in [-0.05, 0) is 30.9 Å². The summed E-state index contributed by atoms with van der Waals surface area (Å²) in [5.41, 5.74) is 2.06. The zero-order valence-electron chi connectivity index (χ0n) is 12.5. The van der Waals surface area contributed by atoms with Crippen LogP contribution in [-0.4, -0.2) is 25.0 Å². The van der Waals surface area contributed by atoms with E-state index in [9.17, 15) is 4.79 Å². The van der Waals surface area contributed by atoms with Crippen LogP contribution in [0.15, 0.2) is 24.3 Å². The molecule has 2 rings (SSSR count). The number of carbonyl (C=O) groups excluding carboxylic acids is 1. The molecule has 0 radical (unpaired) electrons. The molecule has 0 amide bonds. The van der Waals surface area contributed by atoms with Gasteiger partial charge in [0.05, 0.1) is 7.11 Å². The first-order valence-electron chi connectivity index (χ1n) is 7.06. The van der Waals surface area contributed by atoms with Crippen molar-refractivity contribution in [3.63, 3.8) is 0 Å². The van der Waals surface area contributed by atoms with E-state index in [4.69, 9.17) is 14.2 Å². The number of ether oxygens (including phenoxy) is 3. The van der Waals surface area contributed by atoms with Crippen LogP contribution in [0.1, 0.15) is 43.9 Å². The van der Waals surface area contributed by atoms with Gasteiger partial charge in [0.15, 0.2) is 11.9 Å². The second-order valence-electron chi connectivity index (χ2n) is 5.07. The lowest BCUT2D eigenvalue weighted by molar-refractivity contribution is -0.187. The first kappa shape index (κ1) is 15.0. The molecule has 1 aromatic carbocycles. The monoisotopic (exact) mass is 278 g/mol. The van der Waals surface area contributed by atoms with Crippen LogP contribution >= 0.6 is 0 Å². The summed E-state index contributed by atoms with van der Waals surface area (Å²) in [5, 5.41) is 0. The van der Waals surface area contributed by atoms with Gasteiger partial charge in [-0.3, -0.25) is 0 Å². The van der Waals surface area contributed by atoms with Crippen molar-refractivity contribution in [1.82, 2.24) is 0 Å². The van der Waals surface area contributed by atoms with Crippen molar-refractivity contribution in [2.24, 2.45) is 0 Å². The van der Waals surface area contributed by atoms with Crippen molar-refractivity contribution >= 4 is 5.97 Å². The van der Waals surface area contributed by atoms with Gasteiger partial charge in [0.1, 0.15) is 6.10 Å². The summed E-state index contributed by atoms with van der Waals surface area (Å²) in [6, 6.07) is 7.89. The summed E-state index contributed by atoms with van der Waals surface area (Å²) in [6.45, 7) is 6.00. The maximum absolute atomic E-state index is 12.0. The van der Waals surface area contributed by atoms with E-state index in [2.05, 4.69) is 0 Å². The number of methoxy groups -OCH3 is 1. The maximum Gasteiger partial charge on any atom is 0.338 e. The number of hydrogen-bond donors (Lipinski definition) is 0. The van der Waals surface area contributed by atoms with E-state index in [0.717, 1.165) is 11.1 Å². The van der Waals surface area contributed by atoms with Gasteiger partial charge < -0.3 is 14.2 Å². The number of benzene rings is 1. The Morgan fingerprint density at radius 3 is 2.45 bits per heavy atom. The zero-order chi connectivity index (χ0) is 14.8. The lowest BCUT2D eigenvalue weighted by atomic mass is 9.99. The molecule has 4 heteroatoms. The highest BCUT2D eigenvalue weighted by Gasteiger charge is 2.50. The van der Waals surface area contributed by atoms with Crippen LogP contribution in [-0.2, 0) is 19.0 Å². The fourth-order valence-electron chi connectivity index (χ4n) is 2.62. The Balaban J connectivity index is 2.38. The minimum Gasteiger partial charge on any atom is -0.467 e. The van der Waals surface area contributed by atoms with Crippen LogP contribution in [0.3, 0.4) is 0 Å². The maximum atomic E-state index is 12.0. The van der Waals surface area contributed by atoms with Crippen LogP contribution in [0.25, 0.3) is 0 Å². The number of rotatable bonds is 4. The van der Waals surface area contributed by atoms with E-state index in [1.807, 2.05) is 45.0 Å². The van der Waals surface area contributed by atoms with Crippen molar-refractivity contribution in [2.75, 3.05) is 7.11 Å². The van der Waals surface area contributed by atoms with Gasteiger partial charge in [-0.25, -0.2) is 4.79 Å². The van der Waals surface area contributed by atoms with E-state index in [1.165, 1.54) is 7.11 Å². The molecule has 1 aliphatic heterocycles. The molecule has 4 nitrogen and oxygen atoms in total. The highest BCUT2D eigenvalue weighted by Crippen LogP contribution is 2.43. The first-order chi connectivity index (χ1) is 9.56. The van der Waals surface area contributed by atoms with Gasteiger partial charge in [-0.15, -0.1) is 0 Å². The Bertz CT molecular complexity index is 479. The molecular formula is C16H22O4. The van der Waals surface area contributed by atoms with Crippen molar-refractivity contribution in [3.8, 4) is 0 Å². The fraction of sp³-hybridized carbons (Fsp3) is 0.562. The normalized spacial score (nSPS) is 24.6. The quantitative estimate of drug-likeness (QED) is 0.794. The Morgan fingerprint density at radius 1 is 1.25 bits per heavy atom. The van der Waals surface area contributed by atoms with Gasteiger partial charge in [0, 0.05) is 0 Å². The lowest BCUT2D eigenvalue weighted by Crippen LogP contribution is -2.32. The third-order valence-electron chi connectivity index (χ3n) is 3.96. The van der Waals surface area contributed by atoms with E-state index in [0.29, 0.717) is 12.8 Å². The van der Waals surface area contributed by atoms with Crippen LogP contribution < -0.4 is 0 Å². The van der Waals surface area contributed by atoms with Crippen LogP contribution in [0, 0.1) is 6.92 Å². The second-order valence-corrected chi connectivity index (χ2v) is 5.07. The molecule has 0 N–H and O–H groups in total. The van der Waals surface area contributed by atoms with E-state index >= 15 is 0 Å². The minimum atomic E-state index is -0.707. The fourth-order valence-corrected chi connectivity index (χ4v) is 2.62. The predicted molar refractivity (Wildman–Crippen MR) is 75.2 cm³/mol. The summed E-state index contributed by atoms with van der Waals surface area (Å²) in [7, 11) is 1.37. The average molecular weight is 278 g/mol. The number of aryl methyl sites for hydroxylation is 1. The second kappa shape index (κ2) is 5.94. The molecule has 0 bridgehead atoms. The molecule has 2 atom stereocenters. The third kappa shape index (κ3) is 2.58. The van der Waals surface area contributed by atoms with Crippen LogP contribution in [0.5, 0.6) is 0 Å². The zero-order valence-corrected chi connectivity index (χ0v) is 12.5. The summed E-state index contributed by atoms with van der Waals surface area (Å²) in [5.74, 6) is -1.09. The van der Waals surface area contributed by atoms with Crippen molar-refractivity contribution in [1.29, 1.82) is 0 Å². The van der Waals surface area contributed by atoms with Crippen molar-refractivity contribution < 1.29 is 19.0 Å². The van der Waals surface area contributed by atoms with Gasteiger partial charge in [-0.1, -0.05) is 38.1 Å². The van der Waals surface area contributed by atoms with Gasteiger partial charge in [0.25, 0.3) is 0 Å². The van der Waals surface area contributed by atoms with Gasteiger partial charge >= 0.3 is 5.97 Å². The van der Waals surface area contributed by atoms with E-state index in [-0.39, 0.29) is 5.97 Å². The summed E-state index contributed by atoms with van der Waals surface area (Å²) in [6.07, 6.45) is 0.267. The van der Waals surface area contributed by atoms with Gasteiger partial charge in [-0.2, -0.15) is 0 Å². The molecule has 0 aliphatic carbocycles. The molecule has 0 saturated carbocycles. The topological polar surface area (TPSA) is 44.8 Å². The van der Waals surface area contributed by atoms with Crippen LogP contribution in [0.2, 0.25) is 0 Å². The molecule has 1 aliphatic rings. The summed E-state index contributed by atoms with van der Waals surface area (Å²) < 4.78 is 16.9. The SMILES string of the molecule is CCC1(CC)O[C@H](C(=O)OC)[C@@H](c2ccccc2C)O1. The molecule has 1 aromatic rings. The number of esters is 1. The average Bonchev–Trinajstić information content (AvgIpc) is 2.87. The molecule has 1 fully saturated rings. The summed E-state index contributed by atoms with van der Waals surface area (Å²) >= 11 is 0. The molecule has 1 saturated heterocycles. The molecule has 110 valence electrons. The molecule has 0 aromatic heterocycles. The standard InChI is InChI=1S/C16H22O4/c1-5-16(6-2)19-13(14(20-16)15(17)18-4)12-10-8-7-9-11(12)3/h7-10,13-14H,5-6H2,1-4H3/t13-,14+/m1/s1. The van der Waals surface area contributed by atoms with Crippen molar-refractivity contribution in [3.05, 3.63) is 35.4 Å². The molecule has 1 heterocycles. The first-order valence-corrected chi connectivity index (χ1v) is 7.06. The number of hydrogen-bond acceptors (Lipinski definition) is 4. The lowest BCUT2D eigenvalue weighted by Gasteiger charge is -2.25. The highest BCUT2D eigenvalue weighted by atomic mass is 16.8. The largest absolute Gasteiger partial charge is 0.467 e. The van der Waals surface area contributed by atoms with E-state index < -0.39 is 18.0 Å². The Morgan fingerprint density at radius 2 is 1.90 bits per heavy atom. The molecule has 0 spiro atoms. The Kier molecular flexibility index (Phi) is 4.45. The molecular weight excluding hydrogens is 256 g/mol. The number of carbonyl (C=O) groups is 1. The summed E-state index contributed by atoms with van der Waals surface area (Å²) in [4.78, 5) is 12.0. The minimum absolute atomic E-state index is 0.387. The smallest absolute Gasteiger partial charge is 0.338 e. The molecule has 20 heavy (non-hydrogen) atoms. The van der Waals surface area contributed by atoms with Crippen molar-refractivity contribution in [2.45, 2.75) is 51.6 Å². The molecule has 0 unspecified atom stereocenters. The third-order valence-corrected chi connectivity index (χ3v) is 3.96.